The van der Waals surface area contributed by atoms with Crippen LogP contribution in [0.2, 0.25) is 0 Å². The van der Waals surface area contributed by atoms with Crippen LogP contribution in [0.3, 0.4) is 0 Å². The van der Waals surface area contributed by atoms with Gasteiger partial charge in [0.2, 0.25) is 0 Å². The second-order valence-corrected chi connectivity index (χ2v) is 3.60. The smallest absolute Gasteiger partial charge is 0.126 e. The van der Waals surface area contributed by atoms with Crippen molar-refractivity contribution in [3.63, 3.8) is 0 Å². The van der Waals surface area contributed by atoms with Crippen LogP contribution in [0.15, 0.2) is 22.8 Å². The fourth-order valence-electron chi connectivity index (χ4n) is 1.94. The highest BCUT2D eigenvalue weighted by Crippen LogP contribution is 2.29. The molecular formula is C10H15NO2. The van der Waals surface area contributed by atoms with Gasteiger partial charge in [0.25, 0.3) is 0 Å². The van der Waals surface area contributed by atoms with Gasteiger partial charge in [0.05, 0.1) is 12.9 Å². The quantitative estimate of drug-likeness (QED) is 0.721. The van der Waals surface area contributed by atoms with Gasteiger partial charge in [-0.2, -0.15) is 0 Å². The lowest BCUT2D eigenvalue weighted by Crippen LogP contribution is -2.48. The maximum atomic E-state index is 9.39. The maximum Gasteiger partial charge on any atom is 0.126 e. The first-order valence-electron chi connectivity index (χ1n) is 4.77. The summed E-state index contributed by atoms with van der Waals surface area (Å²) in [6, 6.07) is 3.79. The molecule has 1 fully saturated rings. The van der Waals surface area contributed by atoms with Crippen LogP contribution in [0.4, 0.5) is 0 Å². The normalized spacial score (nSPS) is 29.0. The van der Waals surface area contributed by atoms with E-state index in [0.717, 1.165) is 25.1 Å². The van der Waals surface area contributed by atoms with Crippen molar-refractivity contribution in [2.75, 3.05) is 13.2 Å². The van der Waals surface area contributed by atoms with Gasteiger partial charge in [-0.3, -0.25) is 0 Å². The lowest BCUT2D eigenvalue weighted by Gasteiger charge is -2.34. The van der Waals surface area contributed by atoms with Crippen molar-refractivity contribution in [2.24, 2.45) is 0 Å². The molecule has 0 aromatic carbocycles. The first-order chi connectivity index (χ1) is 6.37. The first kappa shape index (κ1) is 8.78. The van der Waals surface area contributed by atoms with Crippen molar-refractivity contribution in [3.05, 3.63) is 24.2 Å². The van der Waals surface area contributed by atoms with Crippen LogP contribution >= 0.6 is 0 Å². The van der Waals surface area contributed by atoms with Gasteiger partial charge in [-0.15, -0.1) is 0 Å². The Hall–Kier alpha value is -0.800. The molecule has 1 saturated heterocycles. The van der Waals surface area contributed by atoms with E-state index in [4.69, 9.17) is 4.42 Å². The summed E-state index contributed by atoms with van der Waals surface area (Å²) >= 11 is 0. The highest BCUT2D eigenvalue weighted by molar-refractivity contribution is 5.13. The highest BCUT2D eigenvalue weighted by atomic mass is 16.3. The molecule has 13 heavy (non-hydrogen) atoms. The molecule has 3 nitrogen and oxygen atoms in total. The molecule has 1 unspecified atom stereocenters. The lowest BCUT2D eigenvalue weighted by molar-refractivity contribution is 0.110. The summed E-state index contributed by atoms with van der Waals surface area (Å²) in [6.45, 7) is 1.07. The van der Waals surface area contributed by atoms with Gasteiger partial charge in [0.1, 0.15) is 11.3 Å². The summed E-state index contributed by atoms with van der Waals surface area (Å²) < 4.78 is 5.34. The predicted molar refractivity (Wildman–Crippen MR) is 49.3 cm³/mol. The zero-order chi connectivity index (χ0) is 9.15. The third-order valence-electron chi connectivity index (χ3n) is 2.76. The monoisotopic (exact) mass is 181 g/mol. The van der Waals surface area contributed by atoms with Crippen molar-refractivity contribution < 1.29 is 9.52 Å². The number of nitrogens with one attached hydrogen (secondary N) is 1. The van der Waals surface area contributed by atoms with Gasteiger partial charge in [-0.25, -0.2) is 0 Å². The number of aliphatic hydroxyl groups is 1. The van der Waals surface area contributed by atoms with Crippen LogP contribution in [0, 0.1) is 0 Å². The van der Waals surface area contributed by atoms with E-state index < -0.39 is 0 Å². The predicted octanol–water partition coefficient (Wildman–Crippen LogP) is 1.24. The molecule has 0 spiro atoms. The molecule has 0 amide bonds. The third-order valence-corrected chi connectivity index (χ3v) is 2.76. The van der Waals surface area contributed by atoms with E-state index >= 15 is 0 Å². The molecular weight excluding hydrogens is 166 g/mol. The molecule has 2 N–H and O–H groups in total. The van der Waals surface area contributed by atoms with Crippen LogP contribution in [-0.4, -0.2) is 18.3 Å². The standard InChI is InChI=1S/C10H15NO2/c12-8-10(5-1-2-6-11-10)9-4-3-7-13-9/h3-4,7,11-12H,1-2,5-6,8H2. The average molecular weight is 181 g/mol. The van der Waals surface area contributed by atoms with Crippen molar-refractivity contribution in [1.29, 1.82) is 0 Å². The molecule has 1 aromatic rings. The number of piperidine rings is 1. The Labute approximate surface area is 77.8 Å². The molecule has 2 rings (SSSR count). The molecule has 0 radical (unpaired) electrons. The molecule has 0 saturated carbocycles. The molecule has 0 bridgehead atoms. The van der Waals surface area contributed by atoms with Gasteiger partial charge in [-0.05, 0) is 37.9 Å². The van der Waals surface area contributed by atoms with E-state index in [1.165, 1.54) is 6.42 Å². The van der Waals surface area contributed by atoms with Crippen molar-refractivity contribution in [2.45, 2.75) is 24.8 Å². The summed E-state index contributed by atoms with van der Waals surface area (Å²) in [7, 11) is 0. The molecule has 0 aliphatic carbocycles. The maximum absolute atomic E-state index is 9.39. The molecule has 1 atom stereocenters. The fraction of sp³-hybridized carbons (Fsp3) is 0.600. The van der Waals surface area contributed by atoms with Gasteiger partial charge in [-0.1, -0.05) is 0 Å². The Kier molecular flexibility index (Phi) is 2.38. The number of hydrogen-bond donors (Lipinski definition) is 2. The molecule has 1 aromatic heterocycles. The SMILES string of the molecule is OCC1(c2ccco2)CCCCN1. The summed E-state index contributed by atoms with van der Waals surface area (Å²) in [5.41, 5.74) is -0.318. The minimum atomic E-state index is -0.318. The van der Waals surface area contributed by atoms with E-state index in [-0.39, 0.29) is 12.1 Å². The minimum absolute atomic E-state index is 0.112. The van der Waals surface area contributed by atoms with E-state index in [2.05, 4.69) is 5.32 Å². The van der Waals surface area contributed by atoms with Crippen molar-refractivity contribution >= 4 is 0 Å². The van der Waals surface area contributed by atoms with E-state index in [9.17, 15) is 5.11 Å². The van der Waals surface area contributed by atoms with Gasteiger partial charge < -0.3 is 14.8 Å². The van der Waals surface area contributed by atoms with Crippen LogP contribution in [0.5, 0.6) is 0 Å². The molecule has 2 heterocycles. The molecule has 3 heteroatoms. The second-order valence-electron chi connectivity index (χ2n) is 3.60. The molecule has 1 aliphatic heterocycles. The van der Waals surface area contributed by atoms with Crippen LogP contribution < -0.4 is 5.32 Å². The second kappa shape index (κ2) is 3.52. The highest BCUT2D eigenvalue weighted by Gasteiger charge is 2.35. The summed E-state index contributed by atoms with van der Waals surface area (Å²) in [5.74, 6) is 0.856. The van der Waals surface area contributed by atoms with E-state index in [1.807, 2.05) is 12.1 Å². The number of hydrogen-bond acceptors (Lipinski definition) is 3. The zero-order valence-corrected chi connectivity index (χ0v) is 7.62. The Morgan fingerprint density at radius 1 is 1.54 bits per heavy atom. The van der Waals surface area contributed by atoms with Gasteiger partial charge in [0, 0.05) is 0 Å². The van der Waals surface area contributed by atoms with Crippen LogP contribution in [0.1, 0.15) is 25.0 Å². The van der Waals surface area contributed by atoms with Crippen LogP contribution in [0.25, 0.3) is 0 Å². The number of furan rings is 1. The lowest BCUT2D eigenvalue weighted by atomic mass is 9.87. The number of aliphatic hydroxyl groups excluding tert-OH is 1. The van der Waals surface area contributed by atoms with E-state index in [1.54, 1.807) is 6.26 Å². The summed E-state index contributed by atoms with van der Waals surface area (Å²) in [6.07, 6.45) is 4.94. The number of rotatable bonds is 2. The molecule has 1 aliphatic rings. The summed E-state index contributed by atoms with van der Waals surface area (Å²) in [5, 5.41) is 12.7. The summed E-state index contributed by atoms with van der Waals surface area (Å²) in [4.78, 5) is 0. The Bertz CT molecular complexity index is 250. The van der Waals surface area contributed by atoms with Crippen molar-refractivity contribution in [3.8, 4) is 0 Å². The van der Waals surface area contributed by atoms with E-state index in [0.29, 0.717) is 0 Å². The minimum Gasteiger partial charge on any atom is -0.467 e. The molecule has 72 valence electrons. The first-order valence-corrected chi connectivity index (χ1v) is 4.77. The van der Waals surface area contributed by atoms with Crippen molar-refractivity contribution in [1.82, 2.24) is 5.32 Å². The van der Waals surface area contributed by atoms with Gasteiger partial charge >= 0.3 is 0 Å². The van der Waals surface area contributed by atoms with Gasteiger partial charge in [0.15, 0.2) is 0 Å². The topological polar surface area (TPSA) is 45.4 Å². The largest absolute Gasteiger partial charge is 0.467 e. The fourth-order valence-corrected chi connectivity index (χ4v) is 1.94. The Balaban J connectivity index is 2.23. The van der Waals surface area contributed by atoms with Crippen LogP contribution in [-0.2, 0) is 5.54 Å². The Morgan fingerprint density at radius 3 is 3.00 bits per heavy atom. The Morgan fingerprint density at radius 2 is 2.46 bits per heavy atom. The zero-order valence-electron chi connectivity index (χ0n) is 7.62. The average Bonchev–Trinajstić information content (AvgIpc) is 2.72. The third kappa shape index (κ3) is 1.49.